The van der Waals surface area contributed by atoms with Crippen LogP contribution < -0.4 is 11.1 Å². The maximum absolute atomic E-state index is 13.1. The van der Waals surface area contributed by atoms with Crippen LogP contribution in [0.4, 0.5) is 0 Å². The first-order valence-electron chi connectivity index (χ1n) is 9.65. The summed E-state index contributed by atoms with van der Waals surface area (Å²) in [6, 6.07) is 11.5. The minimum Gasteiger partial charge on any atom is -0.369 e. The number of piperidine rings is 1. The summed E-state index contributed by atoms with van der Waals surface area (Å²) in [5.74, 6) is -0.503. The molecule has 0 saturated carbocycles. The number of carbonyl (C=O) groups is 2. The Morgan fingerprint density at radius 2 is 1.97 bits per heavy atom. The van der Waals surface area contributed by atoms with E-state index < -0.39 is 0 Å². The summed E-state index contributed by atoms with van der Waals surface area (Å²) in [5.41, 5.74) is 8.32. The van der Waals surface area contributed by atoms with Crippen molar-refractivity contribution >= 4 is 22.9 Å². The van der Waals surface area contributed by atoms with Gasteiger partial charge in [0.1, 0.15) is 0 Å². The van der Waals surface area contributed by atoms with Gasteiger partial charge in [0, 0.05) is 24.7 Å². The number of hydrogen-bond acceptors (Lipinski definition) is 6. The third kappa shape index (κ3) is 4.12. The zero-order chi connectivity index (χ0) is 20.4. The van der Waals surface area contributed by atoms with Crippen molar-refractivity contribution in [1.29, 1.82) is 0 Å². The fourth-order valence-electron chi connectivity index (χ4n) is 3.75. The van der Waals surface area contributed by atoms with Gasteiger partial charge in [-0.2, -0.15) is 0 Å². The van der Waals surface area contributed by atoms with Gasteiger partial charge < -0.3 is 15.6 Å². The van der Waals surface area contributed by atoms with Crippen LogP contribution in [-0.2, 0) is 4.79 Å². The SMILES string of the molecule is Cc1noc2nc(-c3ccccc3)cc(C(=O)NC3CCN(CC(N)=O)CC3)c12. The predicted molar refractivity (Wildman–Crippen MR) is 108 cm³/mol. The molecule has 2 aromatic heterocycles. The Labute approximate surface area is 168 Å². The van der Waals surface area contributed by atoms with Crippen LogP contribution in [0.1, 0.15) is 28.9 Å². The standard InChI is InChI=1S/C21H23N5O3/c1-13-19-16(20(28)23-15-7-9-26(10-8-15)12-18(22)27)11-17(24-21(19)29-25-13)14-5-3-2-4-6-14/h2-6,11,15H,7-10,12H2,1H3,(H2,22,27)(H,23,28). The summed E-state index contributed by atoms with van der Waals surface area (Å²) in [6.45, 7) is 3.50. The number of aryl methyl sites for hydroxylation is 1. The number of nitrogens with two attached hydrogens (primary N) is 1. The third-order valence-electron chi connectivity index (χ3n) is 5.23. The van der Waals surface area contributed by atoms with E-state index in [2.05, 4.69) is 15.5 Å². The van der Waals surface area contributed by atoms with E-state index >= 15 is 0 Å². The highest BCUT2D eigenvalue weighted by molar-refractivity contribution is 6.07. The molecule has 8 heteroatoms. The van der Waals surface area contributed by atoms with Gasteiger partial charge in [-0.1, -0.05) is 35.5 Å². The van der Waals surface area contributed by atoms with Gasteiger partial charge in [0.2, 0.25) is 5.91 Å². The number of fused-ring (bicyclic) bond motifs is 1. The molecule has 3 aromatic rings. The second kappa shape index (κ2) is 8.00. The van der Waals surface area contributed by atoms with E-state index in [1.807, 2.05) is 35.2 Å². The maximum Gasteiger partial charge on any atom is 0.259 e. The van der Waals surface area contributed by atoms with E-state index in [9.17, 15) is 9.59 Å². The number of pyridine rings is 1. The number of nitrogens with one attached hydrogen (secondary N) is 1. The zero-order valence-corrected chi connectivity index (χ0v) is 16.2. The molecule has 1 fully saturated rings. The number of aromatic nitrogens is 2. The lowest BCUT2D eigenvalue weighted by Gasteiger charge is -2.31. The van der Waals surface area contributed by atoms with E-state index in [1.54, 1.807) is 13.0 Å². The smallest absolute Gasteiger partial charge is 0.259 e. The molecule has 1 aliphatic heterocycles. The Kier molecular flexibility index (Phi) is 5.26. The number of likely N-dealkylation sites (tertiary alicyclic amines) is 1. The van der Waals surface area contributed by atoms with Gasteiger partial charge in [-0.3, -0.25) is 14.5 Å². The van der Waals surface area contributed by atoms with Crippen LogP contribution in [0.5, 0.6) is 0 Å². The second-order valence-electron chi connectivity index (χ2n) is 7.36. The average Bonchev–Trinajstić information content (AvgIpc) is 3.10. The van der Waals surface area contributed by atoms with Crippen LogP contribution in [0.25, 0.3) is 22.4 Å². The number of benzene rings is 1. The number of nitrogens with zero attached hydrogens (tertiary/aromatic N) is 3. The number of amides is 2. The normalized spacial score (nSPS) is 15.5. The van der Waals surface area contributed by atoms with Gasteiger partial charge in [0.15, 0.2) is 0 Å². The summed E-state index contributed by atoms with van der Waals surface area (Å²) in [4.78, 5) is 30.7. The quantitative estimate of drug-likeness (QED) is 0.684. The molecule has 0 radical (unpaired) electrons. The lowest BCUT2D eigenvalue weighted by Crippen LogP contribution is -2.46. The highest BCUT2D eigenvalue weighted by atomic mass is 16.5. The number of carbonyl (C=O) groups excluding carboxylic acids is 2. The molecule has 0 atom stereocenters. The molecule has 3 heterocycles. The molecule has 1 saturated heterocycles. The first kappa shape index (κ1) is 19.1. The molecule has 8 nitrogen and oxygen atoms in total. The van der Waals surface area contributed by atoms with E-state index in [1.165, 1.54) is 0 Å². The van der Waals surface area contributed by atoms with Gasteiger partial charge in [-0.15, -0.1) is 0 Å². The van der Waals surface area contributed by atoms with Crippen LogP contribution in [-0.4, -0.2) is 52.5 Å². The van der Waals surface area contributed by atoms with Gasteiger partial charge >= 0.3 is 0 Å². The van der Waals surface area contributed by atoms with Gasteiger partial charge in [0.05, 0.1) is 28.9 Å². The molecule has 1 aromatic carbocycles. The largest absolute Gasteiger partial charge is 0.369 e. The Morgan fingerprint density at radius 1 is 1.24 bits per heavy atom. The van der Waals surface area contributed by atoms with Crippen LogP contribution in [0.15, 0.2) is 40.9 Å². The fraction of sp³-hybridized carbons (Fsp3) is 0.333. The van der Waals surface area contributed by atoms with Gasteiger partial charge in [-0.05, 0) is 25.8 Å². The molecule has 0 bridgehead atoms. The third-order valence-corrected chi connectivity index (χ3v) is 5.23. The topological polar surface area (TPSA) is 114 Å². The van der Waals surface area contributed by atoms with Crippen LogP contribution >= 0.6 is 0 Å². The minimum atomic E-state index is -0.331. The summed E-state index contributed by atoms with van der Waals surface area (Å²) in [5, 5.41) is 7.74. The van der Waals surface area contributed by atoms with Crippen LogP contribution in [0.2, 0.25) is 0 Å². The Morgan fingerprint density at radius 3 is 2.66 bits per heavy atom. The second-order valence-corrected chi connectivity index (χ2v) is 7.36. The molecule has 0 aliphatic carbocycles. The van der Waals surface area contributed by atoms with E-state index in [0.717, 1.165) is 31.5 Å². The Hall–Kier alpha value is -3.26. The highest BCUT2D eigenvalue weighted by Gasteiger charge is 2.24. The van der Waals surface area contributed by atoms with E-state index in [4.69, 9.17) is 10.3 Å². The number of hydrogen-bond donors (Lipinski definition) is 2. The lowest BCUT2D eigenvalue weighted by atomic mass is 10.0. The van der Waals surface area contributed by atoms with Crippen molar-refractivity contribution in [3.8, 4) is 11.3 Å². The Bertz CT molecular complexity index is 1040. The minimum absolute atomic E-state index is 0.0372. The molecule has 150 valence electrons. The predicted octanol–water partition coefficient (Wildman–Crippen LogP) is 1.88. The molecule has 0 unspecified atom stereocenters. The molecule has 1 aliphatic rings. The van der Waals surface area contributed by atoms with Crippen molar-refractivity contribution in [2.24, 2.45) is 5.73 Å². The Balaban J connectivity index is 1.57. The molecular weight excluding hydrogens is 370 g/mol. The van der Waals surface area contributed by atoms with Crippen molar-refractivity contribution in [3.63, 3.8) is 0 Å². The first-order chi connectivity index (χ1) is 14.0. The van der Waals surface area contributed by atoms with Crippen molar-refractivity contribution in [1.82, 2.24) is 20.4 Å². The zero-order valence-electron chi connectivity index (χ0n) is 16.2. The summed E-state index contributed by atoms with van der Waals surface area (Å²) in [7, 11) is 0. The molecule has 29 heavy (non-hydrogen) atoms. The van der Waals surface area contributed by atoms with Gasteiger partial charge in [0.25, 0.3) is 11.6 Å². The molecular formula is C21H23N5O3. The lowest BCUT2D eigenvalue weighted by molar-refractivity contribution is -0.119. The highest BCUT2D eigenvalue weighted by Crippen LogP contribution is 2.27. The summed E-state index contributed by atoms with van der Waals surface area (Å²) < 4.78 is 5.35. The van der Waals surface area contributed by atoms with Crippen molar-refractivity contribution in [3.05, 3.63) is 47.7 Å². The monoisotopic (exact) mass is 393 g/mol. The molecule has 2 amide bonds. The number of rotatable bonds is 5. The van der Waals surface area contributed by atoms with E-state index in [-0.39, 0.29) is 24.4 Å². The molecule has 0 spiro atoms. The van der Waals surface area contributed by atoms with Crippen LogP contribution in [0.3, 0.4) is 0 Å². The number of primary amides is 1. The average molecular weight is 393 g/mol. The van der Waals surface area contributed by atoms with Crippen LogP contribution in [0, 0.1) is 6.92 Å². The molecule has 4 rings (SSSR count). The van der Waals surface area contributed by atoms with Gasteiger partial charge in [-0.25, -0.2) is 4.98 Å². The maximum atomic E-state index is 13.1. The summed E-state index contributed by atoms with van der Waals surface area (Å²) >= 11 is 0. The summed E-state index contributed by atoms with van der Waals surface area (Å²) in [6.07, 6.45) is 1.53. The van der Waals surface area contributed by atoms with Crippen molar-refractivity contribution < 1.29 is 14.1 Å². The fourth-order valence-corrected chi connectivity index (χ4v) is 3.75. The molecule has 3 N–H and O–H groups in total. The van der Waals surface area contributed by atoms with E-state index in [0.29, 0.717) is 28.1 Å². The first-order valence-corrected chi connectivity index (χ1v) is 9.65. The van der Waals surface area contributed by atoms with Crippen molar-refractivity contribution in [2.75, 3.05) is 19.6 Å². The van der Waals surface area contributed by atoms with Crippen molar-refractivity contribution in [2.45, 2.75) is 25.8 Å².